The molecule has 9 heteroatoms. The Balaban J connectivity index is 1.25. The van der Waals surface area contributed by atoms with Crippen molar-refractivity contribution < 1.29 is 19.5 Å². The van der Waals surface area contributed by atoms with E-state index in [0.717, 1.165) is 37.3 Å². The Hall–Kier alpha value is -3.49. The van der Waals surface area contributed by atoms with Gasteiger partial charge in [-0.3, -0.25) is 19.4 Å². The number of nitrogens with zero attached hydrogens (tertiary/aromatic N) is 3. The minimum absolute atomic E-state index is 0.251. The van der Waals surface area contributed by atoms with Crippen molar-refractivity contribution in [2.45, 2.75) is 38.1 Å². The van der Waals surface area contributed by atoms with Gasteiger partial charge in [0, 0.05) is 37.7 Å². The molecule has 0 spiro atoms. The third-order valence-electron chi connectivity index (χ3n) is 5.87. The van der Waals surface area contributed by atoms with Crippen LogP contribution < -0.4 is 10.6 Å². The monoisotopic (exact) mass is 437 g/mol. The van der Waals surface area contributed by atoms with Gasteiger partial charge in [0.1, 0.15) is 12.2 Å². The van der Waals surface area contributed by atoms with Crippen LogP contribution in [-0.4, -0.2) is 57.4 Å². The molecule has 0 aliphatic carbocycles. The highest BCUT2D eigenvalue weighted by atomic mass is 16.4. The van der Waals surface area contributed by atoms with Crippen LogP contribution in [0.1, 0.15) is 42.1 Å². The highest BCUT2D eigenvalue weighted by Crippen LogP contribution is 2.24. The molecule has 0 bridgehead atoms. The Morgan fingerprint density at radius 2 is 2.09 bits per heavy atom. The quantitative estimate of drug-likeness (QED) is 0.535. The van der Waals surface area contributed by atoms with Gasteiger partial charge in [-0.15, -0.1) is 0 Å². The van der Waals surface area contributed by atoms with Crippen molar-refractivity contribution in [2.75, 3.05) is 25.0 Å². The molecule has 1 atom stereocenters. The lowest BCUT2D eigenvalue weighted by Gasteiger charge is -2.39. The molecule has 32 heavy (non-hydrogen) atoms. The molecule has 0 saturated carbocycles. The van der Waals surface area contributed by atoms with Crippen molar-refractivity contribution >= 4 is 23.6 Å². The van der Waals surface area contributed by atoms with E-state index in [4.69, 9.17) is 10.1 Å². The number of anilines is 1. The first-order chi connectivity index (χ1) is 15.5. The van der Waals surface area contributed by atoms with E-state index in [2.05, 4.69) is 27.8 Å². The number of carboxylic acids is 1. The molecular weight excluding hydrogens is 410 g/mol. The molecule has 3 N–H and O–H groups in total. The number of carboxylic acid groups (broad SMARTS) is 1. The average Bonchev–Trinajstić information content (AvgIpc) is 2.75. The Labute approximate surface area is 186 Å². The highest BCUT2D eigenvalue weighted by Gasteiger charge is 2.32. The Bertz CT molecular complexity index is 991. The molecule has 2 aliphatic heterocycles. The van der Waals surface area contributed by atoms with Gasteiger partial charge in [-0.25, -0.2) is 4.98 Å². The number of carbonyl (C=O) groups excluding carboxylic acids is 2. The first-order valence-corrected chi connectivity index (χ1v) is 10.9. The second-order valence-electron chi connectivity index (χ2n) is 8.39. The summed E-state index contributed by atoms with van der Waals surface area (Å²) in [5, 5.41) is 15.1. The molecule has 4 rings (SSSR count). The molecule has 168 valence electrons. The maximum atomic E-state index is 12.5. The van der Waals surface area contributed by atoms with Crippen molar-refractivity contribution in [1.29, 1.82) is 0 Å². The number of rotatable bonds is 8. The molecule has 0 aromatic carbocycles. The smallest absolute Gasteiger partial charge is 0.305 e. The second-order valence-corrected chi connectivity index (χ2v) is 8.39. The van der Waals surface area contributed by atoms with Gasteiger partial charge in [-0.2, -0.15) is 0 Å². The number of carbonyl (C=O) groups is 3. The first-order valence-electron chi connectivity index (χ1n) is 10.9. The molecule has 2 amide bonds. The van der Waals surface area contributed by atoms with Crippen LogP contribution >= 0.6 is 0 Å². The van der Waals surface area contributed by atoms with E-state index in [9.17, 15) is 14.4 Å². The summed E-state index contributed by atoms with van der Waals surface area (Å²) in [6.07, 6.45) is 5.48. The van der Waals surface area contributed by atoms with Crippen molar-refractivity contribution in [3.63, 3.8) is 0 Å². The Morgan fingerprint density at radius 3 is 2.84 bits per heavy atom. The van der Waals surface area contributed by atoms with Crippen LogP contribution in [-0.2, 0) is 27.2 Å². The molecule has 2 aliphatic rings. The van der Waals surface area contributed by atoms with Gasteiger partial charge in [0.15, 0.2) is 0 Å². The van der Waals surface area contributed by atoms with Gasteiger partial charge in [0.2, 0.25) is 11.8 Å². The zero-order valence-corrected chi connectivity index (χ0v) is 17.8. The summed E-state index contributed by atoms with van der Waals surface area (Å²) in [7, 11) is 0. The number of amides is 2. The average molecular weight is 438 g/mol. The SMILES string of the molecule is O=C(O)C[C@H](NC(=O)CC(=O)N1CC(Cc2ccc3c(n2)NCCC3)C1)c1cccnc1. The number of aryl methyl sites for hydroxylation is 1. The fraction of sp³-hybridized carbons (Fsp3) is 0.435. The molecule has 0 unspecified atom stereocenters. The number of nitrogens with one attached hydrogen (secondary N) is 2. The lowest BCUT2D eigenvalue weighted by atomic mass is 9.93. The van der Waals surface area contributed by atoms with Gasteiger partial charge in [0.05, 0.1) is 12.5 Å². The van der Waals surface area contributed by atoms with Crippen LogP contribution in [0.5, 0.6) is 0 Å². The molecule has 1 fully saturated rings. The van der Waals surface area contributed by atoms with Crippen LogP contribution in [0.4, 0.5) is 5.82 Å². The van der Waals surface area contributed by atoms with Crippen molar-refractivity contribution in [3.05, 3.63) is 53.5 Å². The summed E-state index contributed by atoms with van der Waals surface area (Å²) in [5.41, 5.74) is 2.86. The Kier molecular flexibility index (Phi) is 6.63. The topological polar surface area (TPSA) is 125 Å². The molecule has 0 radical (unpaired) electrons. The van der Waals surface area contributed by atoms with Gasteiger partial charge in [-0.1, -0.05) is 12.1 Å². The fourth-order valence-corrected chi connectivity index (χ4v) is 4.18. The van der Waals surface area contributed by atoms with E-state index in [1.807, 2.05) is 0 Å². The molecule has 1 saturated heterocycles. The van der Waals surface area contributed by atoms with Gasteiger partial charge in [0.25, 0.3) is 0 Å². The fourth-order valence-electron chi connectivity index (χ4n) is 4.18. The van der Waals surface area contributed by atoms with Gasteiger partial charge in [-0.05, 0) is 48.4 Å². The third-order valence-corrected chi connectivity index (χ3v) is 5.87. The normalized spacial score (nSPS) is 16.3. The maximum absolute atomic E-state index is 12.5. The van der Waals surface area contributed by atoms with Gasteiger partial charge >= 0.3 is 5.97 Å². The van der Waals surface area contributed by atoms with Crippen LogP contribution in [0.2, 0.25) is 0 Å². The molecule has 2 aromatic heterocycles. The lowest BCUT2D eigenvalue weighted by molar-refractivity contribution is -0.141. The maximum Gasteiger partial charge on any atom is 0.305 e. The zero-order valence-electron chi connectivity index (χ0n) is 17.8. The molecular formula is C23H27N5O4. The van der Waals surface area contributed by atoms with Crippen LogP contribution in [0.25, 0.3) is 0 Å². The summed E-state index contributed by atoms with van der Waals surface area (Å²) in [6.45, 7) is 2.14. The minimum Gasteiger partial charge on any atom is -0.481 e. The van der Waals surface area contributed by atoms with Crippen LogP contribution in [0.15, 0.2) is 36.7 Å². The van der Waals surface area contributed by atoms with Crippen LogP contribution in [0.3, 0.4) is 0 Å². The summed E-state index contributed by atoms with van der Waals surface area (Å²) >= 11 is 0. The largest absolute Gasteiger partial charge is 0.481 e. The lowest BCUT2D eigenvalue weighted by Crippen LogP contribution is -2.51. The molecule has 4 heterocycles. The Morgan fingerprint density at radius 1 is 1.25 bits per heavy atom. The number of pyridine rings is 2. The van der Waals surface area contributed by atoms with E-state index in [1.54, 1.807) is 23.2 Å². The van der Waals surface area contributed by atoms with Crippen molar-refractivity contribution in [2.24, 2.45) is 5.92 Å². The molecule has 2 aromatic rings. The number of hydrogen-bond donors (Lipinski definition) is 3. The van der Waals surface area contributed by atoms with Crippen molar-refractivity contribution in [3.8, 4) is 0 Å². The van der Waals surface area contributed by atoms with E-state index >= 15 is 0 Å². The summed E-state index contributed by atoms with van der Waals surface area (Å²) in [4.78, 5) is 46.4. The van der Waals surface area contributed by atoms with E-state index in [1.165, 1.54) is 11.8 Å². The van der Waals surface area contributed by atoms with E-state index in [-0.39, 0.29) is 18.7 Å². The first kappa shape index (κ1) is 21.7. The number of aliphatic carboxylic acids is 1. The summed E-state index contributed by atoms with van der Waals surface area (Å²) in [5.74, 6) is -0.481. The summed E-state index contributed by atoms with van der Waals surface area (Å²) in [6, 6.07) is 6.84. The number of hydrogen-bond acceptors (Lipinski definition) is 6. The second kappa shape index (κ2) is 9.76. The predicted octanol–water partition coefficient (Wildman–Crippen LogP) is 1.56. The highest BCUT2D eigenvalue weighted by molar-refractivity contribution is 5.97. The van der Waals surface area contributed by atoms with E-state index in [0.29, 0.717) is 24.6 Å². The summed E-state index contributed by atoms with van der Waals surface area (Å²) < 4.78 is 0. The number of aromatic nitrogens is 2. The number of fused-ring (bicyclic) bond motifs is 1. The van der Waals surface area contributed by atoms with Crippen molar-refractivity contribution in [1.82, 2.24) is 20.2 Å². The predicted molar refractivity (Wildman–Crippen MR) is 117 cm³/mol. The zero-order chi connectivity index (χ0) is 22.5. The standard InChI is InChI=1S/C23H27N5O4/c29-20(27-19(10-22(31)32)17-4-1-7-24-12-17)11-21(30)28-13-15(14-28)9-18-6-5-16-3-2-8-25-23(16)26-18/h1,4-7,12,15,19H,2-3,8-11,13-14H2,(H,25,26)(H,27,29)(H,31,32)/t19-/m0/s1. The van der Waals surface area contributed by atoms with Crippen LogP contribution in [0, 0.1) is 5.92 Å². The number of likely N-dealkylation sites (tertiary alicyclic amines) is 1. The third kappa shape index (κ3) is 5.40. The molecule has 9 nitrogen and oxygen atoms in total. The van der Waals surface area contributed by atoms with E-state index < -0.39 is 17.9 Å². The minimum atomic E-state index is -1.04. The van der Waals surface area contributed by atoms with Gasteiger partial charge < -0.3 is 20.6 Å².